The standard InChI is InChI=1S/C22H35FN2O2/c1-3-24(4-2)14-6-5-7-17-27-21-12-15-25(16-13-21)22(18-26)19-8-10-20(23)11-9-19/h8-11,18,21-22H,3-7,12-17H2,1-2H3. The van der Waals surface area contributed by atoms with Crippen LogP contribution in [0.2, 0.25) is 0 Å². The number of carbonyl (C=O) groups is 1. The second-order valence-corrected chi connectivity index (χ2v) is 7.33. The van der Waals surface area contributed by atoms with E-state index in [0.717, 1.165) is 63.9 Å². The number of halogens is 1. The number of nitrogens with zero attached hydrogens (tertiary/aromatic N) is 2. The van der Waals surface area contributed by atoms with E-state index in [1.165, 1.54) is 31.5 Å². The highest BCUT2D eigenvalue weighted by molar-refractivity contribution is 5.61. The van der Waals surface area contributed by atoms with Crippen molar-refractivity contribution in [3.05, 3.63) is 35.6 Å². The third kappa shape index (κ3) is 7.32. The number of piperidine rings is 1. The number of benzene rings is 1. The van der Waals surface area contributed by atoms with E-state index < -0.39 is 0 Å². The highest BCUT2D eigenvalue weighted by Crippen LogP contribution is 2.24. The smallest absolute Gasteiger partial charge is 0.141 e. The first-order valence-electron chi connectivity index (χ1n) is 10.5. The van der Waals surface area contributed by atoms with Gasteiger partial charge >= 0.3 is 0 Å². The molecule has 0 aliphatic carbocycles. The van der Waals surface area contributed by atoms with Gasteiger partial charge in [-0.05, 0) is 69.4 Å². The summed E-state index contributed by atoms with van der Waals surface area (Å²) < 4.78 is 19.1. The molecule has 152 valence electrons. The molecule has 1 saturated heterocycles. The van der Waals surface area contributed by atoms with Crippen molar-refractivity contribution in [2.75, 3.05) is 39.3 Å². The molecule has 0 N–H and O–H groups in total. The second-order valence-electron chi connectivity index (χ2n) is 7.33. The van der Waals surface area contributed by atoms with Gasteiger partial charge in [0.1, 0.15) is 12.1 Å². The average Bonchev–Trinajstić information content (AvgIpc) is 2.70. The van der Waals surface area contributed by atoms with Crippen molar-refractivity contribution < 1.29 is 13.9 Å². The summed E-state index contributed by atoms with van der Waals surface area (Å²) in [7, 11) is 0. The SMILES string of the molecule is CCN(CC)CCCCCOC1CCN(C(C=O)c2ccc(F)cc2)CC1. The Balaban J connectivity index is 1.63. The number of hydrogen-bond acceptors (Lipinski definition) is 4. The molecule has 1 aromatic rings. The fraction of sp³-hybridized carbons (Fsp3) is 0.682. The average molecular weight is 379 g/mol. The van der Waals surface area contributed by atoms with Crippen molar-refractivity contribution in [1.29, 1.82) is 0 Å². The molecule has 1 atom stereocenters. The molecular formula is C22H35FN2O2. The van der Waals surface area contributed by atoms with Crippen LogP contribution in [0.4, 0.5) is 4.39 Å². The summed E-state index contributed by atoms with van der Waals surface area (Å²) in [6, 6.07) is 5.96. The number of aldehydes is 1. The Morgan fingerprint density at radius 1 is 1.15 bits per heavy atom. The maximum absolute atomic E-state index is 13.1. The zero-order valence-corrected chi connectivity index (χ0v) is 16.9. The normalized spacial score (nSPS) is 17.3. The minimum Gasteiger partial charge on any atom is -0.378 e. The summed E-state index contributed by atoms with van der Waals surface area (Å²) in [5, 5.41) is 0. The van der Waals surface area contributed by atoms with Crippen molar-refractivity contribution in [2.24, 2.45) is 0 Å². The predicted molar refractivity (Wildman–Crippen MR) is 107 cm³/mol. The molecule has 27 heavy (non-hydrogen) atoms. The van der Waals surface area contributed by atoms with Crippen LogP contribution in [0.5, 0.6) is 0 Å². The predicted octanol–water partition coefficient (Wildman–Crippen LogP) is 4.06. The monoisotopic (exact) mass is 378 g/mol. The zero-order valence-electron chi connectivity index (χ0n) is 16.9. The summed E-state index contributed by atoms with van der Waals surface area (Å²) in [5.41, 5.74) is 0.860. The lowest BCUT2D eigenvalue weighted by molar-refractivity contribution is -0.113. The molecule has 1 aromatic carbocycles. The topological polar surface area (TPSA) is 32.8 Å². The van der Waals surface area contributed by atoms with E-state index in [4.69, 9.17) is 4.74 Å². The van der Waals surface area contributed by atoms with Crippen LogP contribution in [0.1, 0.15) is 57.6 Å². The van der Waals surface area contributed by atoms with Gasteiger partial charge < -0.3 is 14.4 Å². The Morgan fingerprint density at radius 3 is 2.41 bits per heavy atom. The number of unbranched alkanes of at least 4 members (excludes halogenated alkanes) is 2. The van der Waals surface area contributed by atoms with Crippen LogP contribution in [-0.2, 0) is 9.53 Å². The molecule has 0 saturated carbocycles. The number of hydrogen-bond donors (Lipinski definition) is 0. The largest absolute Gasteiger partial charge is 0.378 e. The molecule has 0 spiro atoms. The Morgan fingerprint density at radius 2 is 1.81 bits per heavy atom. The summed E-state index contributed by atoms with van der Waals surface area (Å²) in [6.45, 7) is 10.4. The van der Waals surface area contributed by atoms with Crippen molar-refractivity contribution in [3.8, 4) is 0 Å². The van der Waals surface area contributed by atoms with E-state index in [1.54, 1.807) is 12.1 Å². The highest BCUT2D eigenvalue weighted by atomic mass is 19.1. The number of carbonyl (C=O) groups excluding carboxylic acids is 1. The van der Waals surface area contributed by atoms with Crippen LogP contribution < -0.4 is 0 Å². The van der Waals surface area contributed by atoms with E-state index in [1.807, 2.05) is 0 Å². The van der Waals surface area contributed by atoms with E-state index in [9.17, 15) is 9.18 Å². The van der Waals surface area contributed by atoms with Crippen molar-refractivity contribution in [3.63, 3.8) is 0 Å². The summed E-state index contributed by atoms with van der Waals surface area (Å²) in [6.07, 6.45) is 6.73. The van der Waals surface area contributed by atoms with Crippen molar-refractivity contribution >= 4 is 6.29 Å². The van der Waals surface area contributed by atoms with E-state index in [-0.39, 0.29) is 11.9 Å². The first-order chi connectivity index (χ1) is 13.2. The van der Waals surface area contributed by atoms with Crippen molar-refractivity contribution in [2.45, 2.75) is 58.1 Å². The zero-order chi connectivity index (χ0) is 19.5. The number of ether oxygens (including phenoxy) is 1. The van der Waals surface area contributed by atoms with Gasteiger partial charge in [0.15, 0.2) is 0 Å². The van der Waals surface area contributed by atoms with Gasteiger partial charge in [-0.25, -0.2) is 4.39 Å². The van der Waals surface area contributed by atoms with Gasteiger partial charge in [0.2, 0.25) is 0 Å². The maximum atomic E-state index is 13.1. The number of likely N-dealkylation sites (tertiary alicyclic amines) is 1. The molecule has 0 amide bonds. The van der Waals surface area contributed by atoms with Gasteiger partial charge in [-0.2, -0.15) is 0 Å². The summed E-state index contributed by atoms with van der Waals surface area (Å²) >= 11 is 0. The minimum absolute atomic E-state index is 0.271. The fourth-order valence-electron chi connectivity index (χ4n) is 3.76. The van der Waals surface area contributed by atoms with Gasteiger partial charge in [0, 0.05) is 19.7 Å². The fourth-order valence-corrected chi connectivity index (χ4v) is 3.76. The van der Waals surface area contributed by atoms with Crippen LogP contribution in [0, 0.1) is 5.82 Å². The first kappa shape index (κ1) is 22.0. The molecule has 1 unspecified atom stereocenters. The number of rotatable bonds is 12. The second kappa shape index (κ2) is 12.2. The maximum Gasteiger partial charge on any atom is 0.141 e. The molecule has 0 bridgehead atoms. The molecule has 1 fully saturated rings. The molecule has 5 heteroatoms. The molecule has 2 rings (SSSR count). The van der Waals surface area contributed by atoms with Gasteiger partial charge in [0.25, 0.3) is 0 Å². The Labute approximate surface area is 163 Å². The molecule has 1 aliphatic rings. The first-order valence-corrected chi connectivity index (χ1v) is 10.5. The summed E-state index contributed by atoms with van der Waals surface area (Å²) in [4.78, 5) is 16.2. The van der Waals surface area contributed by atoms with Crippen LogP contribution in [-0.4, -0.2) is 61.5 Å². The quantitative estimate of drug-likeness (QED) is 0.406. The van der Waals surface area contributed by atoms with Crippen molar-refractivity contribution in [1.82, 2.24) is 9.80 Å². The minimum atomic E-state index is -0.286. The molecule has 0 aromatic heterocycles. The van der Waals surface area contributed by atoms with E-state index in [0.29, 0.717) is 6.10 Å². The molecule has 0 radical (unpaired) electrons. The van der Waals surface area contributed by atoms with Crippen LogP contribution >= 0.6 is 0 Å². The lowest BCUT2D eigenvalue weighted by Crippen LogP contribution is -2.40. The molecule has 1 aliphatic heterocycles. The lowest BCUT2D eigenvalue weighted by Gasteiger charge is -2.35. The third-order valence-corrected chi connectivity index (χ3v) is 5.58. The molecular weight excluding hydrogens is 343 g/mol. The Bertz CT molecular complexity index is 526. The van der Waals surface area contributed by atoms with Gasteiger partial charge in [-0.1, -0.05) is 26.0 Å². The van der Waals surface area contributed by atoms with E-state index >= 15 is 0 Å². The lowest BCUT2D eigenvalue weighted by atomic mass is 10.0. The van der Waals surface area contributed by atoms with Gasteiger partial charge in [-0.15, -0.1) is 0 Å². The van der Waals surface area contributed by atoms with Crippen LogP contribution in [0.3, 0.4) is 0 Å². The Kier molecular flexibility index (Phi) is 9.95. The third-order valence-electron chi connectivity index (χ3n) is 5.58. The molecule has 4 nitrogen and oxygen atoms in total. The Hall–Kier alpha value is -1.30. The molecule has 1 heterocycles. The van der Waals surface area contributed by atoms with Gasteiger partial charge in [0.05, 0.1) is 12.1 Å². The van der Waals surface area contributed by atoms with E-state index in [2.05, 4.69) is 23.6 Å². The highest BCUT2D eigenvalue weighted by Gasteiger charge is 2.26. The van der Waals surface area contributed by atoms with Crippen LogP contribution in [0.15, 0.2) is 24.3 Å². The summed E-state index contributed by atoms with van der Waals surface area (Å²) in [5.74, 6) is -0.271. The van der Waals surface area contributed by atoms with Crippen LogP contribution in [0.25, 0.3) is 0 Å². The van der Waals surface area contributed by atoms with Gasteiger partial charge in [-0.3, -0.25) is 4.90 Å².